The van der Waals surface area contributed by atoms with E-state index in [9.17, 15) is 14.7 Å². The van der Waals surface area contributed by atoms with Gasteiger partial charge in [-0.25, -0.2) is 4.79 Å². The van der Waals surface area contributed by atoms with E-state index in [0.717, 1.165) is 21.9 Å². The molecule has 0 unspecified atom stereocenters. The molecule has 1 heterocycles. The second kappa shape index (κ2) is 9.28. The fourth-order valence-electron chi connectivity index (χ4n) is 2.63. The molecule has 3 rings (SSSR count). The Labute approximate surface area is 174 Å². The van der Waals surface area contributed by atoms with Crippen LogP contribution in [0.4, 0.5) is 5.69 Å². The Balaban J connectivity index is 1.88. The van der Waals surface area contributed by atoms with Crippen LogP contribution in [0.15, 0.2) is 68.0 Å². The zero-order valence-corrected chi connectivity index (χ0v) is 16.6. The number of aromatic amines is 1. The van der Waals surface area contributed by atoms with Crippen molar-refractivity contribution in [2.75, 3.05) is 0 Å². The van der Waals surface area contributed by atoms with Gasteiger partial charge in [0.2, 0.25) is 5.88 Å². The summed E-state index contributed by atoms with van der Waals surface area (Å²) in [5, 5.41) is 21.5. The summed E-state index contributed by atoms with van der Waals surface area (Å²) in [6.07, 6.45) is 1.68. The molecule has 0 radical (unpaired) electrons. The molecule has 0 amide bonds. The van der Waals surface area contributed by atoms with Gasteiger partial charge in [-0.3, -0.25) is 19.3 Å². The predicted octanol–water partition coefficient (Wildman–Crippen LogP) is 3.46. The number of nitriles is 1. The van der Waals surface area contributed by atoms with E-state index in [1.54, 1.807) is 12.1 Å². The fraction of sp³-hybridized carbons (Fsp3) is 0.100. The summed E-state index contributed by atoms with van der Waals surface area (Å²) in [6.45, 7) is 0.193. The second-order valence-corrected chi connectivity index (χ2v) is 7.18. The van der Waals surface area contributed by atoms with Gasteiger partial charge in [-0.2, -0.15) is 5.26 Å². The number of thioether (sulfide) groups is 1. The van der Waals surface area contributed by atoms with Gasteiger partial charge in [0, 0.05) is 17.7 Å². The van der Waals surface area contributed by atoms with E-state index < -0.39 is 17.1 Å². The summed E-state index contributed by atoms with van der Waals surface area (Å²) in [5.41, 5.74) is -0.149. The summed E-state index contributed by atoms with van der Waals surface area (Å²) in [7, 11) is 0. The molecule has 0 saturated carbocycles. The lowest BCUT2D eigenvalue weighted by atomic mass is 10.1. The summed E-state index contributed by atoms with van der Waals surface area (Å²) in [6, 6.07) is 14.3. The highest BCUT2D eigenvalue weighted by atomic mass is 35.5. The van der Waals surface area contributed by atoms with Crippen LogP contribution in [0.3, 0.4) is 0 Å². The molecule has 3 aromatic rings. The molecule has 0 bridgehead atoms. The number of aryl methyl sites for hydroxylation is 1. The molecule has 0 aliphatic rings. The molecule has 0 aliphatic heterocycles. The van der Waals surface area contributed by atoms with E-state index in [4.69, 9.17) is 16.9 Å². The number of aromatic hydroxyl groups is 1. The van der Waals surface area contributed by atoms with Gasteiger partial charge >= 0.3 is 5.69 Å². The highest BCUT2D eigenvalue weighted by molar-refractivity contribution is 8.03. The molecule has 2 aromatic carbocycles. The Morgan fingerprint density at radius 2 is 2.00 bits per heavy atom. The van der Waals surface area contributed by atoms with E-state index in [2.05, 4.69) is 9.98 Å². The number of benzene rings is 2. The first-order valence-electron chi connectivity index (χ1n) is 8.49. The monoisotopic (exact) mass is 426 g/mol. The van der Waals surface area contributed by atoms with Crippen LogP contribution in [-0.2, 0) is 13.0 Å². The number of hydrogen-bond donors (Lipinski definition) is 2. The smallest absolute Gasteiger partial charge is 0.331 e. The van der Waals surface area contributed by atoms with Crippen molar-refractivity contribution < 1.29 is 5.11 Å². The van der Waals surface area contributed by atoms with Crippen LogP contribution in [0, 0.1) is 10.7 Å². The first-order valence-corrected chi connectivity index (χ1v) is 9.68. The predicted molar refractivity (Wildman–Crippen MR) is 113 cm³/mol. The molecule has 146 valence electrons. The Morgan fingerprint density at radius 3 is 2.69 bits per heavy atom. The van der Waals surface area contributed by atoms with Crippen LogP contribution in [0.2, 0.25) is 5.02 Å². The van der Waals surface area contributed by atoms with Crippen molar-refractivity contribution in [3.05, 3.63) is 85.5 Å². The van der Waals surface area contributed by atoms with Gasteiger partial charge in [-0.1, -0.05) is 41.9 Å². The number of hydrogen-bond acceptors (Lipinski definition) is 6. The highest BCUT2D eigenvalue weighted by Gasteiger charge is 2.13. The molecule has 0 saturated heterocycles. The van der Waals surface area contributed by atoms with E-state index in [0.29, 0.717) is 22.0 Å². The average Bonchev–Trinajstić information content (AvgIpc) is 2.70. The zero-order valence-electron chi connectivity index (χ0n) is 15.0. The van der Waals surface area contributed by atoms with Crippen LogP contribution in [0.5, 0.6) is 5.88 Å². The van der Waals surface area contributed by atoms with Crippen LogP contribution >= 0.6 is 23.4 Å². The van der Waals surface area contributed by atoms with E-state index in [-0.39, 0.29) is 12.1 Å². The van der Waals surface area contributed by atoms with Crippen molar-refractivity contribution in [3.8, 4) is 11.3 Å². The van der Waals surface area contributed by atoms with E-state index >= 15 is 0 Å². The number of H-pyrrole nitrogens is 1. The standard InChI is InChI=1S/C20H15ClN4O3S/c21-16-10-14(6-7-17(16)29-12-22)23-11-15-18(26)24-20(28)25(19(15)27)9-8-13-4-2-1-3-5-13/h1-7,10-11,27H,8-9H2,(H,24,26,28). The Morgan fingerprint density at radius 1 is 1.24 bits per heavy atom. The molecule has 9 heteroatoms. The van der Waals surface area contributed by atoms with Crippen molar-refractivity contribution in [1.29, 1.82) is 5.26 Å². The molecule has 0 aliphatic carbocycles. The molecule has 0 fully saturated rings. The first kappa shape index (κ1) is 20.5. The minimum absolute atomic E-state index is 0.135. The molecule has 0 atom stereocenters. The Bertz CT molecular complexity index is 1210. The normalized spacial score (nSPS) is 10.9. The number of nitrogens with one attached hydrogen (secondary N) is 1. The first-order chi connectivity index (χ1) is 14.0. The number of thiocyanates is 1. The summed E-state index contributed by atoms with van der Waals surface area (Å²) >= 11 is 7.02. The minimum Gasteiger partial charge on any atom is -0.494 e. The molecule has 7 nitrogen and oxygen atoms in total. The number of halogens is 1. The van der Waals surface area contributed by atoms with Crippen LogP contribution in [-0.4, -0.2) is 20.9 Å². The quantitative estimate of drug-likeness (QED) is 0.356. The summed E-state index contributed by atoms with van der Waals surface area (Å²) in [4.78, 5) is 31.2. The Kier molecular flexibility index (Phi) is 6.54. The molecule has 0 spiro atoms. The van der Waals surface area contributed by atoms with Gasteiger partial charge in [-0.05, 0) is 41.9 Å². The van der Waals surface area contributed by atoms with Gasteiger partial charge in [0.25, 0.3) is 5.56 Å². The molecule has 1 aromatic heterocycles. The van der Waals surface area contributed by atoms with Gasteiger partial charge in [0.05, 0.1) is 10.7 Å². The molecular weight excluding hydrogens is 412 g/mol. The molecular formula is C20H15ClN4O3S. The highest BCUT2D eigenvalue weighted by Crippen LogP contribution is 2.30. The maximum absolute atomic E-state index is 12.1. The van der Waals surface area contributed by atoms with E-state index in [1.165, 1.54) is 12.3 Å². The van der Waals surface area contributed by atoms with Crippen LogP contribution < -0.4 is 11.2 Å². The van der Waals surface area contributed by atoms with Gasteiger partial charge < -0.3 is 5.11 Å². The van der Waals surface area contributed by atoms with Crippen LogP contribution in [0.1, 0.15) is 11.1 Å². The molecule has 29 heavy (non-hydrogen) atoms. The molecule has 2 N–H and O–H groups in total. The number of nitrogens with zero attached hydrogens (tertiary/aromatic N) is 3. The number of aliphatic imine (C=N–C) groups is 1. The van der Waals surface area contributed by atoms with E-state index in [1.807, 2.05) is 35.7 Å². The fourth-order valence-corrected chi connectivity index (χ4v) is 3.31. The lowest BCUT2D eigenvalue weighted by Crippen LogP contribution is -2.32. The minimum atomic E-state index is -0.741. The third kappa shape index (κ3) is 4.96. The largest absolute Gasteiger partial charge is 0.494 e. The topological polar surface area (TPSA) is 111 Å². The number of aromatic nitrogens is 2. The summed E-state index contributed by atoms with van der Waals surface area (Å²) in [5.74, 6) is -0.457. The zero-order chi connectivity index (χ0) is 20.8. The van der Waals surface area contributed by atoms with Crippen molar-refractivity contribution >= 4 is 35.3 Å². The third-order valence-electron chi connectivity index (χ3n) is 4.09. The lowest BCUT2D eigenvalue weighted by molar-refractivity contribution is 0.399. The Hall–Kier alpha value is -3.28. The van der Waals surface area contributed by atoms with Crippen LogP contribution in [0.25, 0.3) is 0 Å². The average molecular weight is 427 g/mol. The van der Waals surface area contributed by atoms with Crippen molar-refractivity contribution in [2.45, 2.75) is 17.9 Å². The van der Waals surface area contributed by atoms with Gasteiger partial charge in [0.1, 0.15) is 11.0 Å². The van der Waals surface area contributed by atoms with Gasteiger partial charge in [0.15, 0.2) is 0 Å². The summed E-state index contributed by atoms with van der Waals surface area (Å²) < 4.78 is 1.09. The van der Waals surface area contributed by atoms with Crippen molar-refractivity contribution in [2.24, 2.45) is 4.99 Å². The lowest BCUT2D eigenvalue weighted by Gasteiger charge is -2.09. The van der Waals surface area contributed by atoms with Crippen molar-refractivity contribution in [3.63, 3.8) is 0 Å². The number of rotatable bonds is 6. The van der Waals surface area contributed by atoms with Crippen molar-refractivity contribution in [1.82, 2.24) is 9.55 Å². The second-order valence-electron chi connectivity index (χ2n) is 5.95. The van der Waals surface area contributed by atoms with Gasteiger partial charge in [-0.15, -0.1) is 0 Å². The maximum Gasteiger partial charge on any atom is 0.331 e. The SMILES string of the molecule is N#CSc1ccc(N=Cc2c(O)n(CCc3ccccc3)c(=O)[nH]c2=O)cc1Cl. The third-order valence-corrected chi connectivity index (χ3v) is 5.18. The maximum atomic E-state index is 12.1.